The number of halogens is 1. The zero-order valence-electron chi connectivity index (χ0n) is 17.6. The van der Waals surface area contributed by atoms with Crippen molar-refractivity contribution in [2.45, 2.75) is 19.9 Å². The average Bonchev–Trinajstić information content (AvgIpc) is 3.27. The van der Waals surface area contributed by atoms with Crippen LogP contribution in [0.4, 0.5) is 10.1 Å². The van der Waals surface area contributed by atoms with Gasteiger partial charge >= 0.3 is 0 Å². The number of aromatic nitrogens is 3. The number of para-hydroxylation sites is 1. The van der Waals surface area contributed by atoms with Crippen LogP contribution in [0.3, 0.4) is 0 Å². The van der Waals surface area contributed by atoms with Crippen LogP contribution in [0.15, 0.2) is 47.4 Å². The third kappa shape index (κ3) is 4.77. The maximum absolute atomic E-state index is 13.9. The van der Waals surface area contributed by atoms with Crippen molar-refractivity contribution in [3.05, 3.63) is 64.6 Å². The molecule has 0 spiro atoms. The molecule has 1 N–H and O–H groups in total. The summed E-state index contributed by atoms with van der Waals surface area (Å²) in [4.78, 5) is 29.1. The highest BCUT2D eigenvalue weighted by atomic mass is 19.1. The highest BCUT2D eigenvalue weighted by Gasteiger charge is 2.19. The van der Waals surface area contributed by atoms with Crippen LogP contribution in [0.1, 0.15) is 12.2 Å². The number of anilines is 1. The molecule has 31 heavy (non-hydrogen) atoms. The minimum absolute atomic E-state index is 0.0946. The molecule has 3 heterocycles. The number of nitrogens with zero attached hydrogens (tertiary/aromatic N) is 5. The molecule has 0 saturated carbocycles. The maximum atomic E-state index is 13.9. The Hall–Kier alpha value is -3.20. The van der Waals surface area contributed by atoms with E-state index < -0.39 is 0 Å². The first-order chi connectivity index (χ1) is 15.0. The molecule has 8 nitrogen and oxygen atoms in total. The molecule has 9 heteroatoms. The Bertz CT molecular complexity index is 1120. The van der Waals surface area contributed by atoms with Gasteiger partial charge in [0.15, 0.2) is 0 Å². The van der Waals surface area contributed by atoms with Crippen LogP contribution in [0, 0.1) is 12.7 Å². The van der Waals surface area contributed by atoms with Gasteiger partial charge in [-0.15, -0.1) is 0 Å². The van der Waals surface area contributed by atoms with E-state index in [9.17, 15) is 14.0 Å². The first-order valence-electron chi connectivity index (χ1n) is 10.6. The second-order valence-electron chi connectivity index (χ2n) is 7.76. The summed E-state index contributed by atoms with van der Waals surface area (Å²) in [5, 5.41) is 7.09. The van der Waals surface area contributed by atoms with Gasteiger partial charge in [-0.1, -0.05) is 12.1 Å². The summed E-state index contributed by atoms with van der Waals surface area (Å²) < 4.78 is 16.9. The summed E-state index contributed by atoms with van der Waals surface area (Å²) in [6, 6.07) is 10.4. The number of hydrogen-bond donors (Lipinski definition) is 1. The molecule has 1 saturated heterocycles. The van der Waals surface area contributed by atoms with Crippen molar-refractivity contribution in [1.82, 2.24) is 24.4 Å². The van der Waals surface area contributed by atoms with Crippen molar-refractivity contribution in [2.24, 2.45) is 0 Å². The van der Waals surface area contributed by atoms with Crippen LogP contribution < -0.4 is 15.8 Å². The molecule has 0 aliphatic carbocycles. The molecular weight excluding hydrogens is 399 g/mol. The fourth-order valence-electron chi connectivity index (χ4n) is 3.99. The Labute approximate surface area is 179 Å². The van der Waals surface area contributed by atoms with E-state index in [0.29, 0.717) is 23.6 Å². The number of fused-ring (bicyclic) bond motifs is 1. The van der Waals surface area contributed by atoms with E-state index in [0.717, 1.165) is 39.1 Å². The minimum Gasteiger partial charge on any atom is -0.367 e. The van der Waals surface area contributed by atoms with Crippen LogP contribution in [-0.4, -0.2) is 64.3 Å². The van der Waals surface area contributed by atoms with Gasteiger partial charge in [-0.25, -0.2) is 9.07 Å². The number of aryl methyl sites for hydroxylation is 1. The van der Waals surface area contributed by atoms with E-state index >= 15 is 0 Å². The molecule has 1 fully saturated rings. The SMILES string of the molecule is Cc1nn(CC(=O)NCCCN2CCN(c3ccccc3F)CC2)c(=O)c2cccn12. The van der Waals surface area contributed by atoms with Crippen LogP contribution in [0.2, 0.25) is 0 Å². The van der Waals surface area contributed by atoms with Gasteiger partial charge in [0.2, 0.25) is 5.91 Å². The molecule has 1 aromatic carbocycles. The summed E-state index contributed by atoms with van der Waals surface area (Å²) in [6.07, 6.45) is 2.59. The summed E-state index contributed by atoms with van der Waals surface area (Å²) in [7, 11) is 0. The van der Waals surface area contributed by atoms with Crippen LogP contribution in [0.25, 0.3) is 5.52 Å². The third-order valence-corrected chi connectivity index (χ3v) is 5.65. The quantitative estimate of drug-likeness (QED) is 0.576. The lowest BCUT2D eigenvalue weighted by atomic mass is 10.2. The van der Waals surface area contributed by atoms with Gasteiger partial charge in [-0.2, -0.15) is 5.10 Å². The predicted molar refractivity (Wildman–Crippen MR) is 117 cm³/mol. The van der Waals surface area contributed by atoms with Crippen LogP contribution >= 0.6 is 0 Å². The van der Waals surface area contributed by atoms with Crippen LogP contribution in [-0.2, 0) is 11.3 Å². The largest absolute Gasteiger partial charge is 0.367 e. The van der Waals surface area contributed by atoms with E-state index in [2.05, 4.69) is 20.2 Å². The van der Waals surface area contributed by atoms with Crippen molar-refractivity contribution in [3.63, 3.8) is 0 Å². The minimum atomic E-state index is -0.279. The van der Waals surface area contributed by atoms with Crippen molar-refractivity contribution < 1.29 is 9.18 Å². The molecular formula is C22H27FN6O2. The van der Waals surface area contributed by atoms with Gasteiger partial charge in [-0.05, 0) is 44.2 Å². The Kier molecular flexibility index (Phi) is 6.31. The first-order valence-corrected chi connectivity index (χ1v) is 10.6. The number of carbonyl (C=O) groups is 1. The Morgan fingerprint density at radius 1 is 1.13 bits per heavy atom. The molecule has 1 amide bonds. The summed E-state index contributed by atoms with van der Waals surface area (Å²) in [6.45, 7) is 6.38. The monoisotopic (exact) mass is 426 g/mol. The second-order valence-corrected chi connectivity index (χ2v) is 7.76. The zero-order valence-corrected chi connectivity index (χ0v) is 17.6. The van der Waals surface area contributed by atoms with Gasteiger partial charge in [0.1, 0.15) is 23.7 Å². The average molecular weight is 426 g/mol. The maximum Gasteiger partial charge on any atom is 0.291 e. The predicted octanol–water partition coefficient (Wildman–Crippen LogP) is 1.27. The summed E-state index contributed by atoms with van der Waals surface area (Å²) >= 11 is 0. The molecule has 0 atom stereocenters. The molecule has 1 aliphatic heterocycles. The Morgan fingerprint density at radius 2 is 1.90 bits per heavy atom. The number of benzene rings is 1. The Morgan fingerprint density at radius 3 is 2.68 bits per heavy atom. The van der Waals surface area contributed by atoms with E-state index in [1.165, 1.54) is 10.7 Å². The van der Waals surface area contributed by atoms with Crippen molar-refractivity contribution in [3.8, 4) is 0 Å². The molecule has 3 aromatic rings. The van der Waals surface area contributed by atoms with E-state index in [4.69, 9.17) is 0 Å². The Balaban J connectivity index is 1.20. The van der Waals surface area contributed by atoms with Gasteiger partial charge < -0.3 is 10.2 Å². The van der Waals surface area contributed by atoms with E-state index in [-0.39, 0.29) is 23.8 Å². The van der Waals surface area contributed by atoms with Gasteiger partial charge in [0.25, 0.3) is 5.56 Å². The fraction of sp³-hybridized carbons (Fsp3) is 0.409. The smallest absolute Gasteiger partial charge is 0.291 e. The number of carbonyl (C=O) groups excluding carboxylic acids is 1. The zero-order chi connectivity index (χ0) is 21.8. The van der Waals surface area contributed by atoms with Gasteiger partial charge in [0, 0.05) is 38.9 Å². The van der Waals surface area contributed by atoms with Crippen molar-refractivity contribution >= 4 is 17.1 Å². The highest BCUT2D eigenvalue weighted by Crippen LogP contribution is 2.20. The molecule has 2 aromatic heterocycles. The molecule has 0 unspecified atom stereocenters. The van der Waals surface area contributed by atoms with E-state index in [1.54, 1.807) is 35.7 Å². The fourth-order valence-corrected chi connectivity index (χ4v) is 3.99. The first kappa shape index (κ1) is 21.0. The van der Waals surface area contributed by atoms with E-state index in [1.807, 2.05) is 12.1 Å². The molecule has 4 rings (SSSR count). The normalized spacial score (nSPS) is 14.8. The lowest BCUT2D eigenvalue weighted by Gasteiger charge is -2.36. The number of piperazine rings is 1. The standard InChI is InChI=1S/C22H27FN6O2/c1-17-25-29(22(31)20-8-4-11-28(17)20)16-21(30)24-9-5-10-26-12-14-27(15-13-26)19-7-3-2-6-18(19)23/h2-4,6-8,11H,5,9-10,12-16H2,1H3,(H,24,30). The third-order valence-electron chi connectivity index (χ3n) is 5.65. The van der Waals surface area contributed by atoms with Crippen molar-refractivity contribution in [2.75, 3.05) is 44.2 Å². The number of rotatable bonds is 7. The number of nitrogens with one attached hydrogen (secondary N) is 1. The highest BCUT2D eigenvalue weighted by molar-refractivity contribution is 5.75. The summed E-state index contributed by atoms with van der Waals surface area (Å²) in [5.41, 5.74) is 0.889. The number of amides is 1. The summed E-state index contributed by atoms with van der Waals surface area (Å²) in [5.74, 6) is 0.245. The molecule has 164 valence electrons. The number of hydrogen-bond acceptors (Lipinski definition) is 5. The van der Waals surface area contributed by atoms with Gasteiger partial charge in [0.05, 0.1) is 5.69 Å². The van der Waals surface area contributed by atoms with Crippen molar-refractivity contribution in [1.29, 1.82) is 0 Å². The molecule has 0 bridgehead atoms. The molecule has 0 radical (unpaired) electrons. The molecule has 1 aliphatic rings. The second kappa shape index (κ2) is 9.30. The lowest BCUT2D eigenvalue weighted by Crippen LogP contribution is -2.47. The van der Waals surface area contributed by atoms with Crippen LogP contribution in [0.5, 0.6) is 0 Å². The lowest BCUT2D eigenvalue weighted by molar-refractivity contribution is -0.121. The topological polar surface area (TPSA) is 74.9 Å². The van der Waals surface area contributed by atoms with Gasteiger partial charge in [-0.3, -0.25) is 18.9 Å².